The highest BCUT2D eigenvalue weighted by Crippen LogP contribution is 2.63. The number of tetrazole rings is 1. The molecule has 0 radical (unpaired) electrons. The predicted octanol–water partition coefficient (Wildman–Crippen LogP) is 1.05. The molecule has 3 atom stereocenters. The minimum absolute atomic E-state index is 0.587. The number of hydrogen-bond acceptors (Lipinski definition) is 4. The van der Waals surface area contributed by atoms with Crippen molar-refractivity contribution in [1.29, 1.82) is 0 Å². The van der Waals surface area contributed by atoms with Crippen molar-refractivity contribution in [1.82, 2.24) is 30.8 Å². The number of allylic oxidation sites excluding steroid dienone is 1. The van der Waals surface area contributed by atoms with Crippen LogP contribution < -0.4 is 0 Å². The summed E-state index contributed by atoms with van der Waals surface area (Å²) in [6, 6.07) is 0. The number of nitrogens with one attached hydrogen (secondary N) is 2. The van der Waals surface area contributed by atoms with Gasteiger partial charge < -0.3 is 0 Å². The van der Waals surface area contributed by atoms with Crippen LogP contribution in [0.5, 0.6) is 0 Å². The second-order valence-electron chi connectivity index (χ2n) is 4.78. The number of aromatic nitrogens is 6. The zero-order chi connectivity index (χ0) is 11.4. The Balaban J connectivity index is 1.70. The van der Waals surface area contributed by atoms with Crippen LogP contribution in [0, 0.1) is 11.8 Å². The monoisotopic (exact) mass is 228 g/mol. The number of hydrogen-bond donors (Lipinski definition) is 2. The summed E-state index contributed by atoms with van der Waals surface area (Å²) in [5.74, 6) is 2.77. The first kappa shape index (κ1) is 9.09. The molecule has 1 saturated carbocycles. The number of H-pyrrole nitrogens is 2. The van der Waals surface area contributed by atoms with E-state index in [1.807, 2.05) is 6.08 Å². The van der Waals surface area contributed by atoms with Crippen LogP contribution in [0.15, 0.2) is 12.7 Å². The molecule has 2 N–H and O–H groups in total. The summed E-state index contributed by atoms with van der Waals surface area (Å²) in [6.07, 6.45) is 4.20. The fourth-order valence-corrected chi connectivity index (χ4v) is 3.21. The third-order valence-electron chi connectivity index (χ3n) is 4.00. The Morgan fingerprint density at radius 1 is 1.41 bits per heavy atom. The molecule has 17 heavy (non-hydrogen) atoms. The molecular weight excluding hydrogens is 216 g/mol. The van der Waals surface area contributed by atoms with Crippen LogP contribution in [0.25, 0.3) is 11.5 Å². The largest absolute Gasteiger partial charge is 0.281 e. The highest BCUT2D eigenvalue weighted by molar-refractivity contribution is 5.59. The fourth-order valence-electron chi connectivity index (χ4n) is 3.21. The lowest BCUT2D eigenvalue weighted by molar-refractivity contribution is 0.702. The quantitative estimate of drug-likeness (QED) is 0.769. The van der Waals surface area contributed by atoms with Crippen molar-refractivity contribution in [3.8, 4) is 11.5 Å². The number of nitrogens with zero attached hydrogens (tertiary/aromatic N) is 4. The van der Waals surface area contributed by atoms with E-state index in [0.29, 0.717) is 11.7 Å². The molecule has 86 valence electrons. The lowest BCUT2D eigenvalue weighted by Crippen LogP contribution is -1.93. The molecule has 2 aromatic rings. The third-order valence-corrected chi connectivity index (χ3v) is 4.00. The summed E-state index contributed by atoms with van der Waals surface area (Å²) < 4.78 is 0. The van der Waals surface area contributed by atoms with Gasteiger partial charge in [0.15, 0.2) is 0 Å². The summed E-state index contributed by atoms with van der Waals surface area (Å²) in [5.41, 5.74) is 3.42. The van der Waals surface area contributed by atoms with Crippen molar-refractivity contribution >= 4 is 0 Å². The van der Waals surface area contributed by atoms with Gasteiger partial charge in [-0.15, -0.1) is 16.8 Å². The molecule has 0 unspecified atom stereocenters. The Bertz CT molecular complexity index is 569. The highest BCUT2D eigenvalue weighted by Gasteiger charge is 2.56. The first-order valence-electron chi connectivity index (χ1n) is 5.82. The van der Waals surface area contributed by atoms with E-state index in [1.54, 1.807) is 0 Å². The van der Waals surface area contributed by atoms with Gasteiger partial charge in [-0.25, -0.2) is 0 Å². The van der Waals surface area contributed by atoms with Crippen LogP contribution in [-0.4, -0.2) is 30.8 Å². The Hall–Kier alpha value is -1.98. The van der Waals surface area contributed by atoms with Gasteiger partial charge in [0.1, 0.15) is 5.69 Å². The van der Waals surface area contributed by atoms with Crippen LogP contribution in [0.3, 0.4) is 0 Å². The average Bonchev–Trinajstić information content (AvgIpc) is 2.82. The zero-order valence-electron chi connectivity index (χ0n) is 9.22. The predicted molar refractivity (Wildman–Crippen MR) is 60.0 cm³/mol. The van der Waals surface area contributed by atoms with Crippen molar-refractivity contribution in [2.24, 2.45) is 11.8 Å². The SMILES string of the molecule is C=CC[C@H]1[C@H]2Cc3c(-c4nn[nH]n4)n[nH]c3[C@H]21. The van der Waals surface area contributed by atoms with Crippen molar-refractivity contribution < 1.29 is 0 Å². The molecule has 0 spiro atoms. The van der Waals surface area contributed by atoms with E-state index in [9.17, 15) is 0 Å². The third kappa shape index (κ3) is 1.09. The second-order valence-corrected chi connectivity index (χ2v) is 4.78. The molecule has 0 aliphatic heterocycles. The highest BCUT2D eigenvalue weighted by atomic mass is 15.5. The summed E-state index contributed by atoms with van der Waals surface area (Å²) in [6.45, 7) is 3.81. The van der Waals surface area contributed by atoms with Crippen LogP contribution in [0.4, 0.5) is 0 Å². The minimum atomic E-state index is 0.587. The number of rotatable bonds is 3. The molecule has 4 rings (SSSR count). The topological polar surface area (TPSA) is 83.1 Å². The first-order valence-corrected chi connectivity index (χ1v) is 5.82. The lowest BCUT2D eigenvalue weighted by Gasteiger charge is -2.00. The summed E-state index contributed by atoms with van der Waals surface area (Å²) in [7, 11) is 0. The maximum absolute atomic E-state index is 4.32. The van der Waals surface area contributed by atoms with E-state index < -0.39 is 0 Å². The van der Waals surface area contributed by atoms with Gasteiger partial charge in [-0.05, 0) is 29.9 Å². The molecule has 0 aromatic carbocycles. The zero-order valence-corrected chi connectivity index (χ0v) is 9.22. The van der Waals surface area contributed by atoms with Gasteiger partial charge in [-0.3, -0.25) is 5.10 Å². The second kappa shape index (κ2) is 3.03. The van der Waals surface area contributed by atoms with Crippen molar-refractivity contribution in [2.75, 3.05) is 0 Å². The van der Waals surface area contributed by atoms with Crippen molar-refractivity contribution in [3.05, 3.63) is 23.9 Å². The maximum Gasteiger partial charge on any atom is 0.225 e. The van der Waals surface area contributed by atoms with Gasteiger partial charge in [0.2, 0.25) is 5.82 Å². The van der Waals surface area contributed by atoms with Gasteiger partial charge in [0, 0.05) is 17.2 Å². The van der Waals surface area contributed by atoms with E-state index in [2.05, 4.69) is 37.4 Å². The number of aromatic amines is 2. The molecule has 0 bridgehead atoms. The molecule has 2 aliphatic carbocycles. The average molecular weight is 228 g/mol. The number of fused-ring (bicyclic) bond motifs is 3. The molecule has 1 fully saturated rings. The Morgan fingerprint density at radius 3 is 3.12 bits per heavy atom. The van der Waals surface area contributed by atoms with Gasteiger partial charge in [0.05, 0.1) is 0 Å². The maximum atomic E-state index is 4.32. The van der Waals surface area contributed by atoms with Gasteiger partial charge in [-0.1, -0.05) is 6.08 Å². The van der Waals surface area contributed by atoms with Crippen molar-refractivity contribution in [3.63, 3.8) is 0 Å². The summed E-state index contributed by atoms with van der Waals surface area (Å²) >= 11 is 0. The summed E-state index contributed by atoms with van der Waals surface area (Å²) in [5, 5.41) is 21.5. The Morgan fingerprint density at radius 2 is 2.35 bits per heavy atom. The van der Waals surface area contributed by atoms with E-state index in [1.165, 1.54) is 11.3 Å². The minimum Gasteiger partial charge on any atom is -0.281 e. The molecule has 0 saturated heterocycles. The normalized spacial score (nSPS) is 28.8. The van der Waals surface area contributed by atoms with Gasteiger partial charge in [0.25, 0.3) is 0 Å². The molecule has 0 amide bonds. The Labute approximate surface area is 97.5 Å². The molecule has 6 nitrogen and oxygen atoms in total. The van der Waals surface area contributed by atoms with E-state index in [0.717, 1.165) is 30.4 Å². The summed E-state index contributed by atoms with van der Waals surface area (Å²) in [4.78, 5) is 0. The van der Waals surface area contributed by atoms with Gasteiger partial charge in [-0.2, -0.15) is 10.3 Å². The molecule has 2 aliphatic rings. The molecule has 2 heterocycles. The van der Waals surface area contributed by atoms with Crippen LogP contribution in [-0.2, 0) is 6.42 Å². The van der Waals surface area contributed by atoms with Crippen molar-refractivity contribution in [2.45, 2.75) is 18.8 Å². The Kier molecular flexibility index (Phi) is 1.62. The fraction of sp³-hybridized carbons (Fsp3) is 0.455. The molecular formula is C11H12N6. The van der Waals surface area contributed by atoms with E-state index in [4.69, 9.17) is 0 Å². The smallest absolute Gasteiger partial charge is 0.225 e. The standard InChI is InChI=1S/C11H12N6/c1-2-3-5-6-4-7-9(8(5)6)12-13-10(7)11-14-16-17-15-11/h2,5-6,8H,1,3-4H2,(H,12,13)(H,14,15,16,17)/t5-,6+,8-/m0/s1. The first-order chi connectivity index (χ1) is 8.40. The van der Waals surface area contributed by atoms with E-state index >= 15 is 0 Å². The van der Waals surface area contributed by atoms with Crippen LogP contribution in [0.2, 0.25) is 0 Å². The molecule has 2 aromatic heterocycles. The molecule has 6 heteroatoms. The van der Waals surface area contributed by atoms with E-state index in [-0.39, 0.29) is 0 Å². The van der Waals surface area contributed by atoms with Gasteiger partial charge >= 0.3 is 0 Å². The lowest BCUT2D eigenvalue weighted by atomic mass is 10.0. The van der Waals surface area contributed by atoms with Crippen LogP contribution >= 0.6 is 0 Å². The van der Waals surface area contributed by atoms with Crippen LogP contribution in [0.1, 0.15) is 23.6 Å².